The normalized spacial score (nSPS) is 10.9. The molecule has 0 saturated heterocycles. The minimum Gasteiger partial charge on any atom is -0.0843 e. The Morgan fingerprint density at radius 1 is 0.264 bits per heavy atom. The molecule has 0 aliphatic carbocycles. The van der Waals surface area contributed by atoms with Gasteiger partial charge in [-0.3, -0.25) is 0 Å². The Hall–Kier alpha value is -6.21. The van der Waals surface area contributed by atoms with Crippen LogP contribution in [0.3, 0.4) is 0 Å². The fourth-order valence-corrected chi connectivity index (χ4v) is 7.75. The molecule has 0 aliphatic heterocycles. The van der Waals surface area contributed by atoms with Gasteiger partial charge in [0.1, 0.15) is 0 Å². The molecular formula is C52H39Cl. The lowest BCUT2D eigenvalue weighted by atomic mass is 9.82. The Kier molecular flexibility index (Phi) is 9.71. The van der Waals surface area contributed by atoms with Crippen LogP contribution < -0.4 is 0 Å². The zero-order valence-electron chi connectivity index (χ0n) is 29.9. The standard InChI is InChI=1S/C50H33Cl.C2H6/c51-40-31-32-47-48(33-40)50(44-20-10-8-18-42(44)39-29-25-37(26-30-39)35-15-5-2-6-16-35)46-22-12-11-21-45(46)49(47)43-19-9-7-17-41(43)38-27-23-36(24-28-38)34-13-3-1-4-14-34;1-2/h1-33H;1-2H3. The molecular weight excluding hydrogens is 660 g/mol. The van der Waals surface area contributed by atoms with Gasteiger partial charge in [0.2, 0.25) is 0 Å². The minimum absolute atomic E-state index is 0.722. The van der Waals surface area contributed by atoms with Gasteiger partial charge < -0.3 is 0 Å². The van der Waals surface area contributed by atoms with Crippen LogP contribution in [0.15, 0.2) is 200 Å². The summed E-state index contributed by atoms with van der Waals surface area (Å²) in [4.78, 5) is 0. The summed E-state index contributed by atoms with van der Waals surface area (Å²) in [5.74, 6) is 0. The monoisotopic (exact) mass is 698 g/mol. The molecule has 9 aromatic rings. The van der Waals surface area contributed by atoms with Crippen molar-refractivity contribution in [3.63, 3.8) is 0 Å². The van der Waals surface area contributed by atoms with Crippen LogP contribution in [0.1, 0.15) is 13.8 Å². The van der Waals surface area contributed by atoms with Crippen molar-refractivity contribution in [2.75, 3.05) is 0 Å². The van der Waals surface area contributed by atoms with E-state index >= 15 is 0 Å². The SMILES string of the molecule is CC.Clc1ccc2c(-c3ccccc3-c3ccc(-c4ccccc4)cc3)c3ccccc3c(-c3ccccc3-c3ccc(-c4ccccc4)cc3)c2c1. The van der Waals surface area contributed by atoms with E-state index in [0.29, 0.717) is 0 Å². The van der Waals surface area contributed by atoms with E-state index in [9.17, 15) is 0 Å². The van der Waals surface area contributed by atoms with Crippen LogP contribution in [0, 0.1) is 0 Å². The van der Waals surface area contributed by atoms with Gasteiger partial charge in [0.05, 0.1) is 0 Å². The fraction of sp³-hybridized carbons (Fsp3) is 0.0385. The maximum atomic E-state index is 6.85. The maximum absolute atomic E-state index is 6.85. The molecule has 0 amide bonds. The van der Waals surface area contributed by atoms with Gasteiger partial charge in [0, 0.05) is 5.02 Å². The minimum atomic E-state index is 0.722. The first-order chi connectivity index (χ1) is 26.2. The van der Waals surface area contributed by atoms with E-state index in [1.807, 2.05) is 19.9 Å². The number of hydrogen-bond acceptors (Lipinski definition) is 0. The van der Waals surface area contributed by atoms with Crippen LogP contribution in [-0.4, -0.2) is 0 Å². The average molecular weight is 699 g/mol. The molecule has 0 radical (unpaired) electrons. The van der Waals surface area contributed by atoms with Crippen LogP contribution in [0.2, 0.25) is 5.02 Å². The Labute approximate surface area is 317 Å². The van der Waals surface area contributed by atoms with Crippen molar-refractivity contribution in [3.8, 4) is 66.8 Å². The molecule has 0 bridgehead atoms. The zero-order chi connectivity index (χ0) is 36.1. The van der Waals surface area contributed by atoms with Crippen molar-refractivity contribution in [1.29, 1.82) is 0 Å². The highest BCUT2D eigenvalue weighted by atomic mass is 35.5. The summed E-state index contributed by atoms with van der Waals surface area (Å²) in [5.41, 5.74) is 14.4. The molecule has 9 aromatic carbocycles. The number of halogens is 1. The molecule has 0 heterocycles. The van der Waals surface area contributed by atoms with E-state index in [0.717, 1.165) is 10.4 Å². The first-order valence-electron chi connectivity index (χ1n) is 18.4. The van der Waals surface area contributed by atoms with Crippen LogP contribution in [0.4, 0.5) is 0 Å². The largest absolute Gasteiger partial charge is 0.0843 e. The van der Waals surface area contributed by atoms with E-state index in [1.54, 1.807) is 0 Å². The summed E-state index contributed by atoms with van der Waals surface area (Å²) in [6.07, 6.45) is 0. The third-order valence-electron chi connectivity index (χ3n) is 9.98. The lowest BCUT2D eigenvalue weighted by Gasteiger charge is -2.21. The molecule has 0 N–H and O–H groups in total. The van der Waals surface area contributed by atoms with Gasteiger partial charge in [-0.25, -0.2) is 0 Å². The van der Waals surface area contributed by atoms with E-state index in [1.165, 1.54) is 82.9 Å². The summed E-state index contributed by atoms with van der Waals surface area (Å²) in [6, 6.07) is 71.8. The predicted molar refractivity (Wildman–Crippen MR) is 230 cm³/mol. The lowest BCUT2D eigenvalue weighted by molar-refractivity contribution is 1.50. The molecule has 0 aromatic heterocycles. The maximum Gasteiger partial charge on any atom is 0.0412 e. The van der Waals surface area contributed by atoms with Crippen LogP contribution in [0.5, 0.6) is 0 Å². The highest BCUT2D eigenvalue weighted by molar-refractivity contribution is 6.33. The lowest BCUT2D eigenvalue weighted by Crippen LogP contribution is -1.94. The molecule has 0 aliphatic rings. The van der Waals surface area contributed by atoms with Gasteiger partial charge in [-0.15, -0.1) is 0 Å². The predicted octanol–water partition coefficient (Wildman–Crippen LogP) is 15.7. The van der Waals surface area contributed by atoms with Crippen molar-refractivity contribution in [1.82, 2.24) is 0 Å². The number of fused-ring (bicyclic) bond motifs is 2. The van der Waals surface area contributed by atoms with Gasteiger partial charge in [0.15, 0.2) is 0 Å². The van der Waals surface area contributed by atoms with Crippen molar-refractivity contribution < 1.29 is 0 Å². The Morgan fingerprint density at radius 2 is 0.585 bits per heavy atom. The first kappa shape index (κ1) is 33.9. The Morgan fingerprint density at radius 3 is 1.04 bits per heavy atom. The molecule has 0 fully saturated rings. The van der Waals surface area contributed by atoms with Gasteiger partial charge in [0.25, 0.3) is 0 Å². The summed E-state index contributed by atoms with van der Waals surface area (Å²) >= 11 is 6.85. The summed E-state index contributed by atoms with van der Waals surface area (Å²) < 4.78 is 0. The number of benzene rings is 9. The zero-order valence-corrected chi connectivity index (χ0v) is 30.7. The number of rotatable bonds is 6. The quantitative estimate of drug-likeness (QED) is 0.152. The van der Waals surface area contributed by atoms with Gasteiger partial charge in [-0.1, -0.05) is 214 Å². The molecule has 0 atom stereocenters. The molecule has 254 valence electrons. The van der Waals surface area contributed by atoms with Crippen LogP contribution in [0.25, 0.3) is 88.3 Å². The van der Waals surface area contributed by atoms with E-state index in [4.69, 9.17) is 11.6 Å². The molecule has 0 unspecified atom stereocenters. The van der Waals surface area contributed by atoms with Crippen molar-refractivity contribution in [2.24, 2.45) is 0 Å². The molecule has 0 saturated carbocycles. The molecule has 0 nitrogen and oxygen atoms in total. The van der Waals surface area contributed by atoms with Crippen LogP contribution in [-0.2, 0) is 0 Å². The molecule has 1 heteroatoms. The van der Waals surface area contributed by atoms with Gasteiger partial charge in [-0.2, -0.15) is 0 Å². The van der Waals surface area contributed by atoms with E-state index < -0.39 is 0 Å². The highest BCUT2D eigenvalue weighted by Crippen LogP contribution is 2.48. The van der Waals surface area contributed by atoms with Crippen LogP contribution >= 0.6 is 11.6 Å². The van der Waals surface area contributed by atoms with Gasteiger partial charge >= 0.3 is 0 Å². The first-order valence-corrected chi connectivity index (χ1v) is 18.8. The third-order valence-corrected chi connectivity index (χ3v) is 10.2. The average Bonchev–Trinajstić information content (AvgIpc) is 3.24. The second-order valence-corrected chi connectivity index (χ2v) is 13.4. The van der Waals surface area contributed by atoms with Crippen molar-refractivity contribution >= 4 is 33.1 Å². The smallest absolute Gasteiger partial charge is 0.0412 e. The second-order valence-electron chi connectivity index (χ2n) is 13.0. The topological polar surface area (TPSA) is 0 Å². The Bertz CT molecular complexity index is 2650. The molecule has 9 rings (SSSR count). The summed E-state index contributed by atoms with van der Waals surface area (Å²) in [6.45, 7) is 4.00. The number of hydrogen-bond donors (Lipinski definition) is 0. The van der Waals surface area contributed by atoms with Gasteiger partial charge in [-0.05, 0) is 100 Å². The second kappa shape index (κ2) is 15.2. The Balaban J connectivity index is 0.00000197. The third kappa shape index (κ3) is 6.55. The molecule has 53 heavy (non-hydrogen) atoms. The van der Waals surface area contributed by atoms with Crippen molar-refractivity contribution in [3.05, 3.63) is 205 Å². The van der Waals surface area contributed by atoms with E-state index in [-0.39, 0.29) is 0 Å². The highest BCUT2D eigenvalue weighted by Gasteiger charge is 2.21. The van der Waals surface area contributed by atoms with Crippen molar-refractivity contribution in [2.45, 2.75) is 13.8 Å². The molecule has 0 spiro atoms. The summed E-state index contributed by atoms with van der Waals surface area (Å²) in [5, 5.41) is 5.45. The van der Waals surface area contributed by atoms with E-state index in [2.05, 4.69) is 194 Å². The summed E-state index contributed by atoms with van der Waals surface area (Å²) in [7, 11) is 0. The fourth-order valence-electron chi connectivity index (χ4n) is 7.58.